The van der Waals surface area contributed by atoms with Crippen LogP contribution in [0, 0.1) is 0 Å². The number of aromatic nitrogens is 1. The molecule has 0 amide bonds. The summed E-state index contributed by atoms with van der Waals surface area (Å²) in [5, 5.41) is 8.88. The largest absolute Gasteiger partial charge is 0.490 e. The molecule has 0 radical (unpaired) electrons. The minimum atomic E-state index is -1.10. The minimum absolute atomic E-state index is 0.104. The maximum Gasteiger partial charge on any atom is 0.371 e. The molecule has 0 bridgehead atoms. The molecule has 3 rings (SSSR count). The Morgan fingerprint density at radius 3 is 2.07 bits per heavy atom. The van der Waals surface area contributed by atoms with E-state index in [2.05, 4.69) is 4.98 Å². The van der Waals surface area contributed by atoms with Crippen LogP contribution in [0.3, 0.4) is 0 Å². The molecule has 0 saturated heterocycles. The van der Waals surface area contributed by atoms with E-state index < -0.39 is 5.97 Å². The Bertz CT molecular complexity index is 804. The van der Waals surface area contributed by atoms with Gasteiger partial charge in [0.1, 0.15) is 12.4 Å². The number of aliphatic carboxylic acids is 1. The SMILES string of the molecule is CO/C(=C\c1ccc(OCc2ccccc2)cc1)C(=O)O.c1ccncc1. The lowest BCUT2D eigenvalue weighted by Gasteiger charge is -2.06. The highest BCUT2D eigenvalue weighted by Gasteiger charge is 2.06. The van der Waals surface area contributed by atoms with Crippen molar-refractivity contribution in [3.63, 3.8) is 0 Å². The predicted octanol–water partition coefficient (Wildman–Crippen LogP) is 4.42. The van der Waals surface area contributed by atoms with Gasteiger partial charge in [-0.2, -0.15) is 0 Å². The van der Waals surface area contributed by atoms with Crippen LogP contribution in [0.15, 0.2) is 90.9 Å². The van der Waals surface area contributed by atoms with Crippen molar-refractivity contribution in [2.75, 3.05) is 7.11 Å². The molecule has 0 aliphatic rings. The van der Waals surface area contributed by atoms with Crippen molar-refractivity contribution in [1.82, 2.24) is 4.98 Å². The molecule has 1 aromatic heterocycles. The van der Waals surface area contributed by atoms with Gasteiger partial charge in [0.15, 0.2) is 0 Å². The predicted molar refractivity (Wildman–Crippen MR) is 104 cm³/mol. The maximum absolute atomic E-state index is 10.8. The number of carboxylic acids is 1. The lowest BCUT2D eigenvalue weighted by Crippen LogP contribution is -2.01. The summed E-state index contributed by atoms with van der Waals surface area (Å²) in [6.07, 6.45) is 4.96. The van der Waals surface area contributed by atoms with E-state index in [-0.39, 0.29) is 5.76 Å². The fourth-order valence-electron chi connectivity index (χ4n) is 2.07. The second-order valence-electron chi connectivity index (χ2n) is 5.39. The van der Waals surface area contributed by atoms with Crippen molar-refractivity contribution < 1.29 is 19.4 Å². The van der Waals surface area contributed by atoms with Crippen LogP contribution in [-0.2, 0) is 16.1 Å². The number of hydrogen-bond acceptors (Lipinski definition) is 4. The number of nitrogens with zero attached hydrogens (tertiary/aromatic N) is 1. The average molecular weight is 363 g/mol. The van der Waals surface area contributed by atoms with Crippen LogP contribution in [0.1, 0.15) is 11.1 Å². The van der Waals surface area contributed by atoms with Crippen molar-refractivity contribution in [1.29, 1.82) is 0 Å². The van der Waals surface area contributed by atoms with Gasteiger partial charge in [0, 0.05) is 12.4 Å². The number of pyridine rings is 1. The van der Waals surface area contributed by atoms with E-state index in [0.29, 0.717) is 6.61 Å². The minimum Gasteiger partial charge on any atom is -0.490 e. The molecule has 0 spiro atoms. The summed E-state index contributed by atoms with van der Waals surface area (Å²) < 4.78 is 10.4. The van der Waals surface area contributed by atoms with E-state index in [1.54, 1.807) is 36.7 Å². The van der Waals surface area contributed by atoms with Gasteiger partial charge in [0.2, 0.25) is 5.76 Å². The fraction of sp³-hybridized carbons (Fsp3) is 0.0909. The molecule has 0 unspecified atom stereocenters. The summed E-state index contributed by atoms with van der Waals surface area (Å²) in [5.74, 6) is -0.472. The number of benzene rings is 2. The highest BCUT2D eigenvalue weighted by atomic mass is 16.5. The van der Waals surface area contributed by atoms with Crippen molar-refractivity contribution >= 4 is 12.0 Å². The van der Waals surface area contributed by atoms with Gasteiger partial charge in [-0.15, -0.1) is 0 Å². The molecule has 5 heteroatoms. The maximum atomic E-state index is 10.8. The van der Waals surface area contributed by atoms with E-state index in [9.17, 15) is 4.79 Å². The van der Waals surface area contributed by atoms with E-state index >= 15 is 0 Å². The van der Waals surface area contributed by atoms with Gasteiger partial charge in [0.25, 0.3) is 0 Å². The van der Waals surface area contributed by atoms with Gasteiger partial charge in [-0.1, -0.05) is 48.5 Å². The van der Waals surface area contributed by atoms with Crippen molar-refractivity contribution in [3.05, 3.63) is 102 Å². The van der Waals surface area contributed by atoms with Gasteiger partial charge in [-0.05, 0) is 41.5 Å². The summed E-state index contributed by atoms with van der Waals surface area (Å²) in [5.41, 5.74) is 1.83. The molecular formula is C22H21NO4. The van der Waals surface area contributed by atoms with Crippen LogP contribution in [0.25, 0.3) is 6.08 Å². The number of rotatable bonds is 6. The monoisotopic (exact) mass is 363 g/mol. The third-order valence-electron chi connectivity index (χ3n) is 3.42. The van der Waals surface area contributed by atoms with Crippen LogP contribution in [0.4, 0.5) is 0 Å². The molecule has 0 fully saturated rings. The average Bonchev–Trinajstić information content (AvgIpc) is 2.73. The lowest BCUT2D eigenvalue weighted by molar-refractivity contribution is -0.135. The molecule has 27 heavy (non-hydrogen) atoms. The van der Waals surface area contributed by atoms with Gasteiger partial charge >= 0.3 is 5.97 Å². The first-order valence-electron chi connectivity index (χ1n) is 8.30. The molecule has 1 N–H and O–H groups in total. The van der Waals surface area contributed by atoms with E-state index in [1.165, 1.54) is 13.2 Å². The van der Waals surface area contributed by atoms with E-state index in [1.807, 2.05) is 48.5 Å². The second kappa shape index (κ2) is 11.1. The fourth-order valence-corrected chi connectivity index (χ4v) is 2.07. The third kappa shape index (κ3) is 7.44. The molecule has 0 atom stereocenters. The van der Waals surface area contributed by atoms with E-state index in [0.717, 1.165) is 16.9 Å². The number of methoxy groups -OCH3 is 1. The van der Waals surface area contributed by atoms with Crippen LogP contribution in [0.2, 0.25) is 0 Å². The smallest absolute Gasteiger partial charge is 0.371 e. The number of ether oxygens (including phenoxy) is 2. The van der Waals surface area contributed by atoms with Crippen LogP contribution in [-0.4, -0.2) is 23.2 Å². The lowest BCUT2D eigenvalue weighted by atomic mass is 10.2. The Kier molecular flexibility index (Phi) is 8.11. The summed E-state index contributed by atoms with van der Waals surface area (Å²) in [6.45, 7) is 0.495. The molecule has 0 aliphatic carbocycles. The Morgan fingerprint density at radius 1 is 0.963 bits per heavy atom. The first-order valence-corrected chi connectivity index (χ1v) is 8.30. The van der Waals surface area contributed by atoms with E-state index in [4.69, 9.17) is 14.6 Å². The Morgan fingerprint density at radius 2 is 1.59 bits per heavy atom. The third-order valence-corrected chi connectivity index (χ3v) is 3.42. The normalized spacial score (nSPS) is 10.3. The molecule has 1 heterocycles. The first-order chi connectivity index (χ1) is 13.2. The van der Waals surface area contributed by atoms with Crippen molar-refractivity contribution in [2.24, 2.45) is 0 Å². The van der Waals surface area contributed by atoms with Crippen LogP contribution < -0.4 is 4.74 Å². The molecule has 0 aliphatic heterocycles. The number of hydrogen-bond donors (Lipinski definition) is 1. The molecular weight excluding hydrogens is 342 g/mol. The summed E-state index contributed by atoms with van der Waals surface area (Å²) >= 11 is 0. The zero-order chi connectivity index (χ0) is 19.3. The van der Waals surface area contributed by atoms with Crippen LogP contribution >= 0.6 is 0 Å². The van der Waals surface area contributed by atoms with Gasteiger partial charge in [0.05, 0.1) is 7.11 Å². The van der Waals surface area contributed by atoms with Gasteiger partial charge in [-0.25, -0.2) is 4.79 Å². The van der Waals surface area contributed by atoms with Crippen molar-refractivity contribution in [3.8, 4) is 5.75 Å². The molecule has 2 aromatic carbocycles. The topological polar surface area (TPSA) is 68.7 Å². The Hall–Kier alpha value is -3.60. The number of carbonyl (C=O) groups is 1. The van der Waals surface area contributed by atoms with Gasteiger partial charge in [-0.3, -0.25) is 4.98 Å². The Balaban J connectivity index is 0.000000369. The summed E-state index contributed by atoms with van der Waals surface area (Å²) in [4.78, 5) is 14.6. The highest BCUT2D eigenvalue weighted by Crippen LogP contribution is 2.16. The summed E-state index contributed by atoms with van der Waals surface area (Å²) in [6, 6.07) is 22.7. The molecule has 138 valence electrons. The standard InChI is InChI=1S/C17H16O4.C5H5N/c1-20-16(17(18)19)11-13-7-9-15(10-8-13)21-12-14-5-3-2-4-6-14;1-2-4-6-5-3-1/h2-11H,12H2,1H3,(H,18,19);1-5H/b16-11-;. The molecule has 0 saturated carbocycles. The van der Waals surface area contributed by atoms with Crippen molar-refractivity contribution in [2.45, 2.75) is 6.61 Å². The second-order valence-corrected chi connectivity index (χ2v) is 5.39. The zero-order valence-electron chi connectivity index (χ0n) is 15.0. The zero-order valence-corrected chi connectivity index (χ0v) is 15.0. The molecule has 3 aromatic rings. The van der Waals surface area contributed by atoms with Gasteiger partial charge < -0.3 is 14.6 Å². The highest BCUT2D eigenvalue weighted by molar-refractivity contribution is 5.89. The number of carboxylic acid groups (broad SMARTS) is 1. The quantitative estimate of drug-likeness (QED) is 0.519. The molecule has 5 nitrogen and oxygen atoms in total. The summed E-state index contributed by atoms with van der Waals surface area (Å²) in [7, 11) is 1.33. The Labute approximate surface area is 158 Å². The first kappa shape index (κ1) is 19.7. The van der Waals surface area contributed by atoms with Crippen LogP contribution in [0.5, 0.6) is 5.75 Å².